The molecule has 2 heterocycles. The molecule has 0 unspecified atom stereocenters. The summed E-state index contributed by atoms with van der Waals surface area (Å²) in [6.07, 6.45) is -0.596. The van der Waals surface area contributed by atoms with Gasteiger partial charge in [-0.2, -0.15) is 4.98 Å². The minimum Gasteiger partial charge on any atom is -0.394 e. The molecule has 0 spiro atoms. The Morgan fingerprint density at radius 2 is 2.40 bits per heavy atom. The number of nitrogens with zero attached hydrogens (tertiary/aromatic N) is 2. The van der Waals surface area contributed by atoms with Crippen LogP contribution in [0.25, 0.3) is 0 Å². The van der Waals surface area contributed by atoms with Gasteiger partial charge in [-0.1, -0.05) is 6.92 Å². The van der Waals surface area contributed by atoms with E-state index in [1.807, 2.05) is 6.92 Å². The normalized spacial score (nSPS) is 25.9. The zero-order chi connectivity index (χ0) is 14.7. The number of hydrogen-bond acceptors (Lipinski definition) is 6. The van der Waals surface area contributed by atoms with Crippen LogP contribution in [0, 0.1) is 5.82 Å². The van der Waals surface area contributed by atoms with E-state index in [0.29, 0.717) is 6.54 Å². The van der Waals surface area contributed by atoms with Crippen molar-refractivity contribution in [2.75, 3.05) is 18.5 Å². The topological polar surface area (TPSA) is 96.6 Å². The molecule has 112 valence electrons. The van der Waals surface area contributed by atoms with Crippen molar-refractivity contribution in [3.63, 3.8) is 0 Å². The zero-order valence-corrected chi connectivity index (χ0v) is 11.1. The molecule has 20 heavy (non-hydrogen) atoms. The summed E-state index contributed by atoms with van der Waals surface area (Å²) in [4.78, 5) is 15.5. The Balaban J connectivity index is 2.21. The summed E-state index contributed by atoms with van der Waals surface area (Å²) in [5, 5.41) is 21.3. The Hall–Kier alpha value is -1.51. The Morgan fingerprint density at radius 3 is 3.00 bits per heavy atom. The monoisotopic (exact) mass is 287 g/mol. The molecule has 1 aliphatic heterocycles. The Labute approximate surface area is 115 Å². The Morgan fingerprint density at radius 1 is 1.65 bits per heavy atom. The highest BCUT2D eigenvalue weighted by Crippen LogP contribution is 2.27. The van der Waals surface area contributed by atoms with Crippen LogP contribution in [0.2, 0.25) is 0 Å². The molecule has 3 N–H and O–H groups in total. The van der Waals surface area contributed by atoms with Gasteiger partial charge in [0, 0.05) is 13.0 Å². The lowest BCUT2D eigenvalue weighted by Gasteiger charge is -2.15. The van der Waals surface area contributed by atoms with E-state index in [1.165, 1.54) is 0 Å². The molecule has 0 aliphatic carbocycles. The zero-order valence-electron chi connectivity index (χ0n) is 11.1. The molecule has 8 heteroatoms. The van der Waals surface area contributed by atoms with E-state index in [9.17, 15) is 14.3 Å². The fourth-order valence-electron chi connectivity index (χ4n) is 2.07. The lowest BCUT2D eigenvalue weighted by molar-refractivity contribution is -0.0461. The molecular weight excluding hydrogens is 269 g/mol. The van der Waals surface area contributed by atoms with Gasteiger partial charge in [-0.15, -0.1) is 0 Å². The second kappa shape index (κ2) is 6.29. The predicted molar refractivity (Wildman–Crippen MR) is 68.9 cm³/mol. The molecule has 0 radical (unpaired) electrons. The maximum Gasteiger partial charge on any atom is 0.351 e. The molecule has 7 nitrogen and oxygen atoms in total. The number of rotatable bonds is 5. The van der Waals surface area contributed by atoms with Gasteiger partial charge in [0.05, 0.1) is 18.9 Å². The van der Waals surface area contributed by atoms with Crippen molar-refractivity contribution in [1.82, 2.24) is 9.55 Å². The van der Waals surface area contributed by atoms with Gasteiger partial charge >= 0.3 is 5.69 Å². The van der Waals surface area contributed by atoms with Crippen LogP contribution in [0.5, 0.6) is 0 Å². The first kappa shape index (κ1) is 14.9. The van der Waals surface area contributed by atoms with Crippen molar-refractivity contribution in [1.29, 1.82) is 0 Å². The van der Waals surface area contributed by atoms with Gasteiger partial charge < -0.3 is 20.3 Å². The van der Waals surface area contributed by atoms with Gasteiger partial charge in [-0.3, -0.25) is 4.57 Å². The molecule has 2 rings (SSSR count). The molecular formula is C12H18FN3O4. The Bertz CT molecular complexity index is 522. The highest BCUT2D eigenvalue weighted by atomic mass is 19.1. The Kier molecular flexibility index (Phi) is 4.69. The number of nitrogens with one attached hydrogen (secondary N) is 1. The van der Waals surface area contributed by atoms with Gasteiger partial charge in [0.15, 0.2) is 11.6 Å². The van der Waals surface area contributed by atoms with Gasteiger partial charge in [-0.05, 0) is 6.42 Å². The maximum absolute atomic E-state index is 13.8. The van der Waals surface area contributed by atoms with Crippen LogP contribution in [0.15, 0.2) is 11.0 Å². The van der Waals surface area contributed by atoms with Crippen LogP contribution in [-0.2, 0) is 4.74 Å². The second-order valence-electron chi connectivity index (χ2n) is 4.67. The largest absolute Gasteiger partial charge is 0.394 e. The van der Waals surface area contributed by atoms with Crippen molar-refractivity contribution in [2.24, 2.45) is 0 Å². The van der Waals surface area contributed by atoms with Crippen LogP contribution < -0.4 is 11.0 Å². The minimum atomic E-state index is -0.891. The third-order valence-electron chi connectivity index (χ3n) is 3.14. The van der Waals surface area contributed by atoms with Crippen LogP contribution >= 0.6 is 0 Å². The minimum absolute atomic E-state index is 0.0923. The van der Waals surface area contributed by atoms with Gasteiger partial charge in [0.1, 0.15) is 12.3 Å². The summed E-state index contributed by atoms with van der Waals surface area (Å²) in [6, 6.07) is 0. The first-order valence-corrected chi connectivity index (χ1v) is 6.53. The van der Waals surface area contributed by atoms with Gasteiger partial charge in [0.25, 0.3) is 0 Å². The van der Waals surface area contributed by atoms with E-state index >= 15 is 0 Å². The van der Waals surface area contributed by atoms with Gasteiger partial charge in [-0.25, -0.2) is 9.18 Å². The summed E-state index contributed by atoms with van der Waals surface area (Å²) in [6.45, 7) is 2.06. The number of halogens is 1. The smallest absolute Gasteiger partial charge is 0.351 e. The van der Waals surface area contributed by atoms with Crippen LogP contribution in [0.1, 0.15) is 26.0 Å². The van der Waals surface area contributed by atoms with E-state index in [2.05, 4.69) is 10.3 Å². The third kappa shape index (κ3) is 2.97. The molecule has 3 atom stereocenters. The van der Waals surface area contributed by atoms with Crippen molar-refractivity contribution in [2.45, 2.75) is 38.2 Å². The first-order chi connectivity index (χ1) is 9.56. The average molecular weight is 287 g/mol. The lowest BCUT2D eigenvalue weighted by atomic mass is 10.2. The predicted octanol–water partition coefficient (Wildman–Crippen LogP) is -0.155. The molecule has 1 aromatic rings. The summed E-state index contributed by atoms with van der Waals surface area (Å²) in [7, 11) is 0. The summed E-state index contributed by atoms with van der Waals surface area (Å²) < 4.78 is 20.1. The molecule has 1 aliphatic rings. The van der Waals surface area contributed by atoms with Crippen LogP contribution in [0.3, 0.4) is 0 Å². The average Bonchev–Trinajstić information content (AvgIpc) is 2.80. The lowest BCUT2D eigenvalue weighted by Crippen LogP contribution is -2.29. The van der Waals surface area contributed by atoms with Crippen LogP contribution in [-0.4, -0.2) is 45.1 Å². The molecule has 0 saturated carbocycles. The van der Waals surface area contributed by atoms with E-state index in [1.54, 1.807) is 0 Å². The van der Waals surface area contributed by atoms with E-state index < -0.39 is 29.9 Å². The third-order valence-corrected chi connectivity index (χ3v) is 3.14. The summed E-state index contributed by atoms with van der Waals surface area (Å²) >= 11 is 0. The molecule has 1 fully saturated rings. The highest BCUT2D eigenvalue weighted by Gasteiger charge is 2.35. The standard InChI is InChI=1S/C12H18FN3O4/c1-2-3-14-11-7(13)5-16(12(19)15-11)10-4-8(18)9(6-17)20-10/h5,8-10,17-18H,2-4,6H2,1H3,(H,14,15,19)/t8-,9+,10+/m0/s1. The fraction of sp³-hybridized carbons (Fsp3) is 0.667. The second-order valence-corrected chi connectivity index (χ2v) is 4.67. The molecule has 0 aromatic carbocycles. The molecule has 1 saturated heterocycles. The van der Waals surface area contributed by atoms with Crippen molar-refractivity contribution < 1.29 is 19.3 Å². The first-order valence-electron chi connectivity index (χ1n) is 6.53. The van der Waals surface area contributed by atoms with Crippen molar-refractivity contribution >= 4 is 5.82 Å². The molecule has 0 bridgehead atoms. The number of anilines is 1. The number of aromatic nitrogens is 2. The number of aliphatic hydroxyl groups excluding tert-OH is 2. The molecule has 1 aromatic heterocycles. The number of aliphatic hydroxyl groups is 2. The molecule has 0 amide bonds. The highest BCUT2D eigenvalue weighted by molar-refractivity contribution is 5.33. The van der Waals surface area contributed by atoms with E-state index in [4.69, 9.17) is 9.84 Å². The van der Waals surface area contributed by atoms with Gasteiger partial charge in [0.2, 0.25) is 0 Å². The number of hydrogen-bond donors (Lipinski definition) is 3. The SMILES string of the molecule is CCCNc1nc(=O)n([C@H]2C[C@H](O)[C@@H](CO)O2)cc1F. The summed E-state index contributed by atoms with van der Waals surface area (Å²) in [5.41, 5.74) is -0.666. The fourth-order valence-corrected chi connectivity index (χ4v) is 2.07. The van der Waals surface area contributed by atoms with Crippen LogP contribution in [0.4, 0.5) is 10.2 Å². The van der Waals surface area contributed by atoms with E-state index in [-0.39, 0.29) is 18.8 Å². The van der Waals surface area contributed by atoms with Crippen molar-refractivity contribution in [3.8, 4) is 0 Å². The summed E-state index contributed by atoms with van der Waals surface area (Å²) in [5.74, 6) is -0.756. The maximum atomic E-state index is 13.8. The number of ether oxygens (including phenoxy) is 1. The van der Waals surface area contributed by atoms with E-state index in [0.717, 1.165) is 17.2 Å². The van der Waals surface area contributed by atoms with Crippen molar-refractivity contribution in [3.05, 3.63) is 22.5 Å². The quantitative estimate of drug-likeness (QED) is 0.696.